The maximum Gasteiger partial charge on any atom is 0.180 e. The zero-order valence-corrected chi connectivity index (χ0v) is 48.7. The molecule has 0 saturated carbocycles. The predicted octanol–water partition coefficient (Wildman–Crippen LogP) is 20.0. The second-order valence-electron chi connectivity index (χ2n) is 23.1. The van der Waals surface area contributed by atoms with Crippen LogP contribution in [0.5, 0.6) is 0 Å². The lowest BCUT2D eigenvalue weighted by Crippen LogP contribution is -2.27. The molecule has 0 bridgehead atoms. The van der Waals surface area contributed by atoms with Crippen LogP contribution in [0.25, 0.3) is 191 Å². The molecule has 7 heterocycles. The number of furan rings is 2. The molecule has 0 fully saturated rings. The Morgan fingerprint density at radius 2 is 0.744 bits per heavy atom. The Bertz CT molecular complexity index is 5980. The van der Waals surface area contributed by atoms with Crippen molar-refractivity contribution in [3.05, 3.63) is 290 Å². The number of fused-ring (bicyclic) bond motifs is 14. The third-order valence-electron chi connectivity index (χ3n) is 18.2. The van der Waals surface area contributed by atoms with Crippen molar-refractivity contribution in [1.29, 1.82) is 0 Å². The van der Waals surface area contributed by atoms with Crippen molar-refractivity contribution in [2.24, 2.45) is 0 Å². The van der Waals surface area contributed by atoms with E-state index in [-0.39, 0.29) is 0 Å². The second-order valence-corrected chi connectivity index (χ2v) is 23.1. The first kappa shape index (κ1) is 51.0. The van der Waals surface area contributed by atoms with Crippen LogP contribution in [0.1, 0.15) is 11.3 Å². The molecule has 0 amide bonds. The number of rotatable bonds is 10. The van der Waals surface area contributed by atoms with Crippen molar-refractivity contribution in [1.82, 2.24) is 28.2 Å². The highest BCUT2D eigenvalue weighted by Gasteiger charge is 2.25. The maximum atomic E-state index is 7.25. The zero-order valence-electron chi connectivity index (χ0n) is 48.7. The summed E-state index contributed by atoms with van der Waals surface area (Å²) in [5.74, 6) is 1.20. The Kier molecular flexibility index (Phi) is 11.1. The van der Waals surface area contributed by atoms with Gasteiger partial charge in [0.05, 0.1) is 44.0 Å². The Balaban J connectivity index is 0.972. The highest BCUT2D eigenvalue weighted by atomic mass is 16.3. The van der Waals surface area contributed by atoms with Crippen LogP contribution in [0.3, 0.4) is 0 Å². The van der Waals surface area contributed by atoms with Crippen molar-refractivity contribution in [3.63, 3.8) is 0 Å². The van der Waals surface area contributed by atoms with Crippen molar-refractivity contribution in [3.8, 4) is 56.5 Å². The number of hydrogen-bond acceptors (Lipinski definition) is 4. The van der Waals surface area contributed by atoms with E-state index in [1.54, 1.807) is 6.08 Å². The fraction of sp³-hybridized carbons (Fsp3) is 0. The molecule has 0 aliphatic heterocycles. The summed E-state index contributed by atoms with van der Waals surface area (Å²) in [5, 5.41) is 11.7. The molecule has 0 N–H and O–H groups in total. The highest BCUT2D eigenvalue weighted by Crippen LogP contribution is 2.44. The van der Waals surface area contributed by atoms with E-state index in [9.17, 15) is 0 Å². The van der Waals surface area contributed by atoms with Gasteiger partial charge >= 0.3 is 0 Å². The summed E-state index contributed by atoms with van der Waals surface area (Å²) in [6.07, 6.45) is 7.45. The molecule has 0 spiro atoms. The Hall–Kier alpha value is -12.3. The summed E-state index contributed by atoms with van der Waals surface area (Å²) in [6.45, 7) is 17.0. The van der Waals surface area contributed by atoms with Crippen molar-refractivity contribution >= 4 is 134 Å². The first-order valence-electron chi connectivity index (χ1n) is 30.2. The van der Waals surface area contributed by atoms with E-state index in [1.165, 1.54) is 21.5 Å². The van der Waals surface area contributed by atoms with Gasteiger partial charge in [0.2, 0.25) is 0 Å². The van der Waals surface area contributed by atoms with Gasteiger partial charge in [0.25, 0.3) is 0 Å². The van der Waals surface area contributed by atoms with E-state index in [0.29, 0.717) is 34.0 Å². The topological polar surface area (TPSA) is 71.8 Å². The van der Waals surface area contributed by atoms with Crippen molar-refractivity contribution in [2.75, 3.05) is 0 Å². The average molecular weight is 1150 g/mol. The van der Waals surface area contributed by atoms with Crippen LogP contribution in [0.2, 0.25) is 0 Å². The Morgan fingerprint density at radius 1 is 0.344 bits per heavy atom. The van der Waals surface area contributed by atoms with Gasteiger partial charge in [-0.3, -0.25) is 0 Å². The summed E-state index contributed by atoms with van der Waals surface area (Å²) in [5.41, 5.74) is 19.2. The summed E-state index contributed by atoms with van der Waals surface area (Å²) >= 11 is 0. The quantitative estimate of drug-likeness (QED) is 0.137. The van der Waals surface area contributed by atoms with Gasteiger partial charge in [0.1, 0.15) is 28.1 Å². The minimum atomic E-state index is 0.517. The van der Waals surface area contributed by atoms with E-state index in [0.717, 1.165) is 132 Å². The van der Waals surface area contributed by atoms with E-state index in [1.807, 2.05) is 24.3 Å². The zero-order chi connectivity index (χ0) is 59.9. The van der Waals surface area contributed by atoms with Crippen LogP contribution in [0.15, 0.2) is 277 Å². The number of para-hydroxylation sites is 7. The van der Waals surface area contributed by atoms with Gasteiger partial charge in [-0.05, 0) is 126 Å². The molecule has 18 rings (SSSR count). The van der Waals surface area contributed by atoms with Crippen LogP contribution in [-0.4, -0.2) is 28.2 Å². The lowest BCUT2D eigenvalue weighted by Gasteiger charge is -2.17. The molecule has 0 aliphatic rings. The summed E-state index contributed by atoms with van der Waals surface area (Å²) < 4.78 is 22.9. The van der Waals surface area contributed by atoms with Crippen LogP contribution < -0.4 is 10.6 Å². The van der Waals surface area contributed by atoms with E-state index >= 15 is 0 Å². The Morgan fingerprint density at radius 3 is 1.19 bits per heavy atom. The molecule has 0 aliphatic carbocycles. The second kappa shape index (κ2) is 19.6. The molecule has 18 aromatic rings. The highest BCUT2D eigenvalue weighted by molar-refractivity contribution is 6.13. The largest absolute Gasteiger partial charge is 0.456 e. The predicted molar refractivity (Wildman–Crippen MR) is 375 cm³/mol. The molecule has 0 saturated heterocycles. The molecule has 0 unspecified atom stereocenters. The molecule has 8 nitrogen and oxygen atoms in total. The van der Waals surface area contributed by atoms with Gasteiger partial charge in [-0.1, -0.05) is 178 Å². The fourth-order valence-electron chi connectivity index (χ4n) is 14.3. The fourth-order valence-corrected chi connectivity index (χ4v) is 14.3. The third kappa shape index (κ3) is 7.49. The van der Waals surface area contributed by atoms with Crippen LogP contribution in [-0.2, 0) is 0 Å². The standard InChI is InChI=1S/C82H52N6O2/c1-5-22-68-49(4)59-23-8-15-30-69(59)85(68)56-43-53(44-57(48-56)88-74-35-20-13-28-64(74)65-29-14-21-36-75(65)88)82-83-79(81-80(84-82)67-46-51(38-40-78(67)90-81)50-37-39-77-66(45-50)58(6-2)76(7-3)89-77)52-41-54(86-70-31-16-9-24-60(70)61-25-10-17-32-71(61)86)47-55(42-52)87-72-33-18-11-26-62(72)63-27-12-19-34-73(63)87/h5-48H,1-4H2/b68-22+. The van der Waals surface area contributed by atoms with Gasteiger partial charge in [-0.25, -0.2) is 9.97 Å². The van der Waals surface area contributed by atoms with E-state index < -0.39 is 0 Å². The SMILES string of the molecule is C=C/C=c1\c(=C)c2ccccc2n1-c1cc(-c2nc(-c3cc(-n4c5ccccc5c5ccccc54)cc(-n4c5ccccc5c5ccccc54)c3)c3oc4ccc(-c5ccc6oc(C=C)c(C=C)c6c5)cc4c3n2)cc(-n2c3ccccc3c3ccccc32)c1. The average Bonchev–Trinajstić information content (AvgIpc) is 1.57. The minimum absolute atomic E-state index is 0.517. The van der Waals surface area contributed by atoms with Crippen molar-refractivity contribution in [2.45, 2.75) is 0 Å². The molecule has 0 radical (unpaired) electrons. The minimum Gasteiger partial charge on any atom is -0.456 e. The van der Waals surface area contributed by atoms with Crippen LogP contribution in [0.4, 0.5) is 0 Å². The van der Waals surface area contributed by atoms with Gasteiger partial charge in [-0.15, -0.1) is 0 Å². The molecule has 90 heavy (non-hydrogen) atoms. The van der Waals surface area contributed by atoms with Gasteiger partial charge in [0, 0.05) is 93.1 Å². The summed E-state index contributed by atoms with van der Waals surface area (Å²) in [7, 11) is 0. The maximum absolute atomic E-state index is 7.25. The molecular formula is C82H52N6O2. The molecule has 0 atom stereocenters. The number of benzene rings is 11. The smallest absolute Gasteiger partial charge is 0.180 e. The van der Waals surface area contributed by atoms with Crippen molar-refractivity contribution < 1.29 is 8.83 Å². The monoisotopic (exact) mass is 1150 g/mol. The van der Waals surface area contributed by atoms with Crippen LogP contribution in [0, 0.1) is 0 Å². The number of nitrogens with zero attached hydrogens (tertiary/aromatic N) is 6. The molecule has 422 valence electrons. The van der Waals surface area contributed by atoms with Gasteiger partial charge in [-0.2, -0.15) is 0 Å². The first-order chi connectivity index (χ1) is 44.4. The molecular weight excluding hydrogens is 1100 g/mol. The lowest BCUT2D eigenvalue weighted by molar-refractivity contribution is 0.603. The Labute approximate surface area is 515 Å². The third-order valence-corrected chi connectivity index (χ3v) is 18.2. The van der Waals surface area contributed by atoms with Gasteiger partial charge in [0.15, 0.2) is 11.4 Å². The van der Waals surface area contributed by atoms with E-state index in [2.05, 4.69) is 281 Å². The summed E-state index contributed by atoms with van der Waals surface area (Å²) in [4.78, 5) is 11.6. The van der Waals surface area contributed by atoms with Crippen LogP contribution >= 0.6 is 0 Å². The van der Waals surface area contributed by atoms with Gasteiger partial charge < -0.3 is 27.1 Å². The number of hydrogen-bond donors (Lipinski definition) is 0. The first-order valence-corrected chi connectivity index (χ1v) is 30.2. The summed E-state index contributed by atoms with van der Waals surface area (Å²) in [6, 6.07) is 86.6. The normalized spacial score (nSPS) is 12.2. The number of allylic oxidation sites excluding steroid dienone is 1. The molecule has 7 aromatic heterocycles. The number of aromatic nitrogens is 6. The van der Waals surface area contributed by atoms with E-state index in [4.69, 9.17) is 18.8 Å². The molecule has 8 heteroatoms. The molecule has 11 aromatic carbocycles. The lowest BCUT2D eigenvalue weighted by atomic mass is 10.0.